The topological polar surface area (TPSA) is 46.6 Å². The van der Waals surface area contributed by atoms with E-state index in [1.807, 2.05) is 12.1 Å². The van der Waals surface area contributed by atoms with Gasteiger partial charge in [0.1, 0.15) is 5.75 Å². The third-order valence-corrected chi connectivity index (χ3v) is 4.16. The lowest BCUT2D eigenvalue weighted by Gasteiger charge is -2.15. The van der Waals surface area contributed by atoms with Crippen LogP contribution in [0, 0.1) is 3.57 Å². The molecule has 1 fully saturated rings. The van der Waals surface area contributed by atoms with Crippen molar-refractivity contribution in [2.24, 2.45) is 0 Å². The average Bonchev–Trinajstić information content (AvgIpc) is 2.94. The standard InChI is InChI=1S/C17H14INO3/c18-13-4-1-3-12(11-13)17(21)22-15-8-6-14(7-9-15)19-10-2-5-16(19)20/h1,3-4,6-9,11H,2,5,10H2. The summed E-state index contributed by atoms with van der Waals surface area (Å²) in [6, 6.07) is 14.3. The van der Waals surface area contributed by atoms with Crippen molar-refractivity contribution in [3.63, 3.8) is 0 Å². The molecule has 1 saturated heterocycles. The zero-order valence-corrected chi connectivity index (χ0v) is 13.9. The Morgan fingerprint density at radius 2 is 1.91 bits per heavy atom. The molecule has 0 spiro atoms. The van der Waals surface area contributed by atoms with Crippen LogP contribution in [0.25, 0.3) is 0 Å². The van der Waals surface area contributed by atoms with Crippen molar-refractivity contribution in [1.29, 1.82) is 0 Å². The summed E-state index contributed by atoms with van der Waals surface area (Å²) in [5.74, 6) is 0.228. The maximum absolute atomic E-state index is 12.1. The maximum atomic E-state index is 12.1. The van der Waals surface area contributed by atoms with E-state index < -0.39 is 0 Å². The van der Waals surface area contributed by atoms with E-state index in [0.717, 1.165) is 22.2 Å². The molecule has 2 aromatic carbocycles. The summed E-state index contributed by atoms with van der Waals surface area (Å²) in [7, 11) is 0. The second-order valence-electron chi connectivity index (χ2n) is 5.04. The van der Waals surface area contributed by atoms with Gasteiger partial charge in [0, 0.05) is 22.2 Å². The fourth-order valence-corrected chi connectivity index (χ4v) is 2.94. The monoisotopic (exact) mass is 407 g/mol. The first kappa shape index (κ1) is 15.0. The van der Waals surface area contributed by atoms with Gasteiger partial charge in [-0.05, 0) is 71.5 Å². The summed E-state index contributed by atoms with van der Waals surface area (Å²) in [4.78, 5) is 25.5. The first-order chi connectivity index (χ1) is 10.6. The molecule has 0 N–H and O–H groups in total. The maximum Gasteiger partial charge on any atom is 0.343 e. The van der Waals surface area contributed by atoms with Crippen molar-refractivity contribution in [2.45, 2.75) is 12.8 Å². The summed E-state index contributed by atoms with van der Waals surface area (Å²) >= 11 is 2.15. The van der Waals surface area contributed by atoms with Crippen LogP contribution in [0.3, 0.4) is 0 Å². The Bertz CT molecular complexity index is 712. The first-order valence-corrected chi connectivity index (χ1v) is 8.09. The zero-order valence-electron chi connectivity index (χ0n) is 11.8. The molecule has 5 heteroatoms. The SMILES string of the molecule is O=C(Oc1ccc(N2CCCC2=O)cc1)c1cccc(I)c1. The van der Waals surface area contributed by atoms with E-state index >= 15 is 0 Å². The van der Waals surface area contributed by atoms with Gasteiger partial charge < -0.3 is 9.64 Å². The molecule has 0 unspecified atom stereocenters. The van der Waals surface area contributed by atoms with Gasteiger partial charge in [-0.2, -0.15) is 0 Å². The van der Waals surface area contributed by atoms with Gasteiger partial charge in [0.2, 0.25) is 5.91 Å². The predicted octanol–water partition coefficient (Wildman–Crippen LogP) is 3.64. The van der Waals surface area contributed by atoms with E-state index in [1.165, 1.54) is 0 Å². The molecule has 0 radical (unpaired) electrons. The number of nitrogens with zero attached hydrogens (tertiary/aromatic N) is 1. The number of anilines is 1. The summed E-state index contributed by atoms with van der Waals surface area (Å²) in [5, 5.41) is 0. The third-order valence-electron chi connectivity index (χ3n) is 3.49. The molecule has 0 bridgehead atoms. The van der Waals surface area contributed by atoms with E-state index in [9.17, 15) is 9.59 Å². The summed E-state index contributed by atoms with van der Waals surface area (Å²) in [6.07, 6.45) is 1.49. The molecule has 0 aliphatic carbocycles. The van der Waals surface area contributed by atoms with Crippen molar-refractivity contribution in [3.05, 3.63) is 57.7 Å². The highest BCUT2D eigenvalue weighted by Crippen LogP contribution is 2.24. The van der Waals surface area contributed by atoms with Crippen LogP contribution in [-0.4, -0.2) is 18.4 Å². The number of esters is 1. The molecular weight excluding hydrogens is 393 g/mol. The number of hydrogen-bond acceptors (Lipinski definition) is 3. The summed E-state index contributed by atoms with van der Waals surface area (Å²) in [5.41, 5.74) is 1.36. The van der Waals surface area contributed by atoms with Crippen molar-refractivity contribution >= 4 is 40.2 Å². The van der Waals surface area contributed by atoms with Crippen LogP contribution in [0.2, 0.25) is 0 Å². The minimum absolute atomic E-state index is 0.142. The Morgan fingerprint density at radius 3 is 2.55 bits per heavy atom. The normalized spacial score (nSPS) is 14.2. The second kappa shape index (κ2) is 6.48. The van der Waals surface area contributed by atoms with E-state index in [4.69, 9.17) is 4.74 Å². The van der Waals surface area contributed by atoms with Crippen molar-refractivity contribution in [2.75, 3.05) is 11.4 Å². The van der Waals surface area contributed by atoms with E-state index in [1.54, 1.807) is 41.3 Å². The number of ether oxygens (including phenoxy) is 1. The van der Waals surface area contributed by atoms with Crippen LogP contribution in [0.5, 0.6) is 5.75 Å². The van der Waals surface area contributed by atoms with E-state index in [2.05, 4.69) is 22.6 Å². The predicted molar refractivity (Wildman–Crippen MR) is 92.1 cm³/mol. The third kappa shape index (κ3) is 3.30. The largest absolute Gasteiger partial charge is 0.423 e. The number of halogens is 1. The minimum Gasteiger partial charge on any atom is -0.423 e. The van der Waals surface area contributed by atoms with Crippen LogP contribution in [0.4, 0.5) is 5.69 Å². The quantitative estimate of drug-likeness (QED) is 0.444. The lowest BCUT2D eigenvalue weighted by Crippen LogP contribution is -2.23. The number of rotatable bonds is 3. The number of amides is 1. The molecule has 0 aromatic heterocycles. The lowest BCUT2D eigenvalue weighted by atomic mass is 10.2. The Balaban J connectivity index is 1.71. The van der Waals surface area contributed by atoms with Gasteiger partial charge in [-0.25, -0.2) is 4.79 Å². The number of carbonyl (C=O) groups is 2. The van der Waals surface area contributed by atoms with Crippen LogP contribution in [0.15, 0.2) is 48.5 Å². The van der Waals surface area contributed by atoms with Crippen LogP contribution in [0.1, 0.15) is 23.2 Å². The van der Waals surface area contributed by atoms with Gasteiger partial charge in [0.15, 0.2) is 0 Å². The zero-order chi connectivity index (χ0) is 15.5. The molecular formula is C17H14INO3. The highest BCUT2D eigenvalue weighted by Gasteiger charge is 2.21. The molecule has 0 saturated carbocycles. The highest BCUT2D eigenvalue weighted by molar-refractivity contribution is 14.1. The van der Waals surface area contributed by atoms with Gasteiger partial charge in [-0.3, -0.25) is 4.79 Å². The molecule has 1 amide bonds. The number of hydrogen-bond donors (Lipinski definition) is 0. The Hall–Kier alpha value is -1.89. The van der Waals surface area contributed by atoms with Crippen LogP contribution >= 0.6 is 22.6 Å². The molecule has 1 heterocycles. The van der Waals surface area contributed by atoms with Gasteiger partial charge in [0.05, 0.1) is 5.56 Å². The Morgan fingerprint density at radius 1 is 1.14 bits per heavy atom. The van der Waals surface area contributed by atoms with Gasteiger partial charge in [-0.1, -0.05) is 6.07 Å². The molecule has 3 rings (SSSR count). The number of carbonyl (C=O) groups excluding carboxylic acids is 2. The van der Waals surface area contributed by atoms with Crippen molar-refractivity contribution in [3.8, 4) is 5.75 Å². The van der Waals surface area contributed by atoms with Crippen LogP contribution in [-0.2, 0) is 4.79 Å². The van der Waals surface area contributed by atoms with E-state index in [-0.39, 0.29) is 11.9 Å². The Labute approximate surface area is 142 Å². The summed E-state index contributed by atoms with van der Waals surface area (Å²) in [6.45, 7) is 0.750. The minimum atomic E-state index is -0.386. The molecule has 1 aliphatic rings. The first-order valence-electron chi connectivity index (χ1n) is 7.02. The summed E-state index contributed by atoms with van der Waals surface area (Å²) < 4.78 is 6.34. The van der Waals surface area contributed by atoms with Gasteiger partial charge >= 0.3 is 5.97 Å². The second-order valence-corrected chi connectivity index (χ2v) is 6.29. The van der Waals surface area contributed by atoms with Gasteiger partial charge in [0.25, 0.3) is 0 Å². The fraction of sp³-hybridized carbons (Fsp3) is 0.176. The molecule has 112 valence electrons. The van der Waals surface area contributed by atoms with Gasteiger partial charge in [-0.15, -0.1) is 0 Å². The molecule has 22 heavy (non-hydrogen) atoms. The molecule has 4 nitrogen and oxygen atoms in total. The fourth-order valence-electron chi connectivity index (χ4n) is 2.40. The Kier molecular flexibility index (Phi) is 4.42. The number of benzene rings is 2. The van der Waals surface area contributed by atoms with Crippen molar-refractivity contribution in [1.82, 2.24) is 0 Å². The highest BCUT2D eigenvalue weighted by atomic mass is 127. The lowest BCUT2D eigenvalue weighted by molar-refractivity contribution is -0.117. The van der Waals surface area contributed by atoms with E-state index in [0.29, 0.717) is 17.7 Å². The average molecular weight is 407 g/mol. The molecule has 0 atom stereocenters. The smallest absolute Gasteiger partial charge is 0.343 e. The van der Waals surface area contributed by atoms with Crippen LogP contribution < -0.4 is 9.64 Å². The van der Waals surface area contributed by atoms with Crippen molar-refractivity contribution < 1.29 is 14.3 Å². The molecule has 1 aliphatic heterocycles. The molecule has 2 aromatic rings.